The lowest BCUT2D eigenvalue weighted by Gasteiger charge is -2.10. The molecule has 1 heterocycles. The Morgan fingerprint density at radius 3 is 2.92 bits per heavy atom. The van der Waals surface area contributed by atoms with Crippen molar-refractivity contribution in [2.24, 2.45) is 0 Å². The molecule has 0 aliphatic rings. The van der Waals surface area contributed by atoms with Crippen LogP contribution in [0.2, 0.25) is 0 Å². The molecule has 0 N–H and O–H groups in total. The van der Waals surface area contributed by atoms with Gasteiger partial charge in [0.05, 0.1) is 12.6 Å². The normalized spacial score (nSPS) is 12.8. The van der Waals surface area contributed by atoms with E-state index in [0.717, 1.165) is 0 Å². The maximum Gasteiger partial charge on any atom is 0.250 e. The van der Waals surface area contributed by atoms with E-state index in [4.69, 9.17) is 4.74 Å². The molecular weight excluding hydrogens is 154 g/mol. The summed E-state index contributed by atoms with van der Waals surface area (Å²) < 4.78 is 6.68. The quantitative estimate of drug-likeness (QED) is 0.669. The smallest absolute Gasteiger partial charge is 0.250 e. The Hall–Kier alpha value is -1.09. The highest BCUT2D eigenvalue weighted by atomic mass is 16.5. The summed E-state index contributed by atoms with van der Waals surface area (Å²) in [7, 11) is 1.64. The SMILES string of the molecule is COC(C)Cn1ccccc1=O. The zero-order valence-electron chi connectivity index (χ0n) is 7.36. The summed E-state index contributed by atoms with van der Waals surface area (Å²) in [4.78, 5) is 11.2. The van der Waals surface area contributed by atoms with E-state index in [0.29, 0.717) is 6.54 Å². The van der Waals surface area contributed by atoms with Crippen LogP contribution in [0.25, 0.3) is 0 Å². The molecule has 0 aromatic carbocycles. The van der Waals surface area contributed by atoms with Crippen molar-refractivity contribution < 1.29 is 4.74 Å². The molecule has 0 aliphatic carbocycles. The molecule has 0 saturated heterocycles. The first-order chi connectivity index (χ1) is 5.74. The van der Waals surface area contributed by atoms with Crippen molar-refractivity contribution in [2.75, 3.05) is 7.11 Å². The van der Waals surface area contributed by atoms with Gasteiger partial charge in [0, 0.05) is 19.4 Å². The van der Waals surface area contributed by atoms with Crippen LogP contribution in [-0.4, -0.2) is 17.8 Å². The predicted octanol–water partition coefficient (Wildman–Crippen LogP) is 0.883. The second-order valence-electron chi connectivity index (χ2n) is 2.74. The zero-order chi connectivity index (χ0) is 8.97. The molecule has 0 spiro atoms. The van der Waals surface area contributed by atoms with E-state index in [9.17, 15) is 4.79 Å². The average molecular weight is 167 g/mol. The first kappa shape index (κ1) is 9.00. The fraction of sp³-hybridized carbons (Fsp3) is 0.444. The molecule has 1 aromatic rings. The van der Waals surface area contributed by atoms with Gasteiger partial charge in [0.2, 0.25) is 0 Å². The Morgan fingerprint density at radius 1 is 1.58 bits per heavy atom. The Bertz CT molecular complexity index is 293. The van der Waals surface area contributed by atoms with Crippen LogP contribution >= 0.6 is 0 Å². The van der Waals surface area contributed by atoms with Crippen molar-refractivity contribution >= 4 is 0 Å². The number of methoxy groups -OCH3 is 1. The number of hydrogen-bond acceptors (Lipinski definition) is 2. The van der Waals surface area contributed by atoms with Crippen molar-refractivity contribution in [1.82, 2.24) is 4.57 Å². The van der Waals surface area contributed by atoms with E-state index in [1.165, 1.54) is 0 Å². The molecule has 12 heavy (non-hydrogen) atoms. The van der Waals surface area contributed by atoms with Crippen LogP contribution < -0.4 is 5.56 Å². The van der Waals surface area contributed by atoms with Gasteiger partial charge in [-0.25, -0.2) is 0 Å². The van der Waals surface area contributed by atoms with Gasteiger partial charge in [0.15, 0.2) is 0 Å². The predicted molar refractivity (Wildman–Crippen MR) is 47.2 cm³/mol. The van der Waals surface area contributed by atoms with Gasteiger partial charge < -0.3 is 9.30 Å². The highest BCUT2D eigenvalue weighted by Crippen LogP contribution is 1.91. The topological polar surface area (TPSA) is 31.2 Å². The molecule has 3 heteroatoms. The third-order valence-electron chi connectivity index (χ3n) is 1.76. The van der Waals surface area contributed by atoms with E-state index >= 15 is 0 Å². The maximum absolute atomic E-state index is 11.2. The van der Waals surface area contributed by atoms with Gasteiger partial charge in [0.1, 0.15) is 0 Å². The van der Waals surface area contributed by atoms with Gasteiger partial charge in [-0.1, -0.05) is 6.07 Å². The van der Waals surface area contributed by atoms with Crippen molar-refractivity contribution in [2.45, 2.75) is 19.6 Å². The molecule has 0 radical (unpaired) electrons. The lowest BCUT2D eigenvalue weighted by molar-refractivity contribution is 0.102. The standard InChI is InChI=1S/C9H13NO2/c1-8(12-2)7-10-6-4-3-5-9(10)11/h3-6,8H,7H2,1-2H3. The van der Waals surface area contributed by atoms with Crippen molar-refractivity contribution in [3.63, 3.8) is 0 Å². The summed E-state index contributed by atoms with van der Waals surface area (Å²) in [5.74, 6) is 0. The summed E-state index contributed by atoms with van der Waals surface area (Å²) in [6, 6.07) is 5.11. The van der Waals surface area contributed by atoms with Crippen LogP contribution in [0.3, 0.4) is 0 Å². The van der Waals surface area contributed by atoms with E-state index < -0.39 is 0 Å². The highest BCUT2D eigenvalue weighted by Gasteiger charge is 2.00. The zero-order valence-corrected chi connectivity index (χ0v) is 7.36. The van der Waals surface area contributed by atoms with Crippen LogP contribution in [0.4, 0.5) is 0 Å². The largest absolute Gasteiger partial charge is 0.380 e. The lowest BCUT2D eigenvalue weighted by atomic mass is 10.4. The number of aromatic nitrogens is 1. The Labute approximate surface area is 71.6 Å². The van der Waals surface area contributed by atoms with Gasteiger partial charge in [-0.2, -0.15) is 0 Å². The van der Waals surface area contributed by atoms with Gasteiger partial charge in [-0.3, -0.25) is 4.79 Å². The molecule has 0 amide bonds. The Morgan fingerprint density at radius 2 is 2.33 bits per heavy atom. The fourth-order valence-corrected chi connectivity index (χ4v) is 0.963. The van der Waals surface area contributed by atoms with Crippen molar-refractivity contribution in [3.8, 4) is 0 Å². The molecule has 0 aliphatic heterocycles. The van der Waals surface area contributed by atoms with Crippen LogP contribution in [-0.2, 0) is 11.3 Å². The summed E-state index contributed by atoms with van der Waals surface area (Å²) >= 11 is 0. The number of pyridine rings is 1. The Kier molecular flexibility index (Phi) is 3.05. The maximum atomic E-state index is 11.2. The van der Waals surface area contributed by atoms with E-state index in [2.05, 4.69) is 0 Å². The molecule has 1 atom stereocenters. The lowest BCUT2D eigenvalue weighted by Crippen LogP contribution is -2.24. The van der Waals surface area contributed by atoms with Crippen LogP contribution in [0.1, 0.15) is 6.92 Å². The second kappa shape index (κ2) is 4.07. The van der Waals surface area contributed by atoms with Crippen molar-refractivity contribution in [1.29, 1.82) is 0 Å². The number of ether oxygens (including phenoxy) is 1. The van der Waals surface area contributed by atoms with Gasteiger partial charge in [-0.15, -0.1) is 0 Å². The highest BCUT2D eigenvalue weighted by molar-refractivity contribution is 4.93. The van der Waals surface area contributed by atoms with Gasteiger partial charge >= 0.3 is 0 Å². The molecule has 0 fully saturated rings. The summed E-state index contributed by atoms with van der Waals surface area (Å²) in [6.45, 7) is 2.54. The minimum Gasteiger partial charge on any atom is -0.380 e. The number of rotatable bonds is 3. The first-order valence-corrected chi connectivity index (χ1v) is 3.92. The summed E-state index contributed by atoms with van der Waals surface area (Å²) in [6.07, 6.45) is 1.84. The molecule has 0 bridgehead atoms. The molecular formula is C9H13NO2. The van der Waals surface area contributed by atoms with Crippen LogP contribution in [0, 0.1) is 0 Å². The average Bonchev–Trinajstić information content (AvgIpc) is 2.09. The molecule has 0 saturated carbocycles. The monoisotopic (exact) mass is 167 g/mol. The number of hydrogen-bond donors (Lipinski definition) is 0. The first-order valence-electron chi connectivity index (χ1n) is 3.92. The molecule has 3 nitrogen and oxygen atoms in total. The van der Waals surface area contributed by atoms with Crippen LogP contribution in [0.15, 0.2) is 29.2 Å². The summed E-state index contributed by atoms with van der Waals surface area (Å²) in [5, 5.41) is 0. The van der Waals surface area contributed by atoms with Gasteiger partial charge in [0.25, 0.3) is 5.56 Å². The van der Waals surface area contributed by atoms with E-state index in [1.54, 1.807) is 30.0 Å². The van der Waals surface area contributed by atoms with Gasteiger partial charge in [-0.05, 0) is 13.0 Å². The third-order valence-corrected chi connectivity index (χ3v) is 1.76. The number of nitrogens with zero attached hydrogens (tertiary/aromatic N) is 1. The molecule has 1 rings (SSSR count). The van der Waals surface area contributed by atoms with E-state index in [-0.39, 0.29) is 11.7 Å². The van der Waals surface area contributed by atoms with E-state index in [1.807, 2.05) is 13.0 Å². The van der Waals surface area contributed by atoms with Crippen LogP contribution in [0.5, 0.6) is 0 Å². The molecule has 66 valence electrons. The fourth-order valence-electron chi connectivity index (χ4n) is 0.963. The second-order valence-corrected chi connectivity index (χ2v) is 2.74. The molecule has 1 unspecified atom stereocenters. The summed E-state index contributed by atoms with van der Waals surface area (Å²) in [5.41, 5.74) is 0.0152. The third kappa shape index (κ3) is 2.20. The molecule has 1 aromatic heterocycles. The minimum absolute atomic E-state index is 0.0152. The van der Waals surface area contributed by atoms with Crippen molar-refractivity contribution in [3.05, 3.63) is 34.7 Å². The minimum atomic E-state index is 0.0152. The Balaban J connectivity index is 2.76.